The molecule has 7 rings (SSSR count). The van der Waals surface area contributed by atoms with E-state index in [9.17, 15) is 24.3 Å². The van der Waals surface area contributed by atoms with E-state index in [1.807, 2.05) is 0 Å². The summed E-state index contributed by atoms with van der Waals surface area (Å²) in [7, 11) is -5.11. The Morgan fingerprint density at radius 3 is 2.47 bits per heavy atom. The van der Waals surface area contributed by atoms with Crippen molar-refractivity contribution in [1.29, 1.82) is 0 Å². The van der Waals surface area contributed by atoms with Crippen LogP contribution in [0, 0.1) is 0 Å². The van der Waals surface area contributed by atoms with Gasteiger partial charge >= 0.3 is 7.82 Å². The lowest BCUT2D eigenvalue weighted by molar-refractivity contribution is -0.218. The predicted molar refractivity (Wildman–Crippen MR) is 147 cm³/mol. The third-order valence-electron chi connectivity index (χ3n) is 7.27. The largest absolute Gasteiger partial charge is 0.780 e. The Hall–Kier alpha value is -3.05. The number of nitrogens with one attached hydrogen (secondary N) is 1. The molecule has 10 atom stereocenters. The molecule has 3 saturated heterocycles. The smallest absolute Gasteiger partial charge is 0.472 e. The molecule has 0 amide bonds. The number of nitrogens with zero attached hydrogens (tertiary/aromatic N) is 7. The number of halogens is 1. The average Bonchev–Trinajstić information content (AvgIpc) is 3.72. The molecular formula is C20H22FN10O11P2S-. The Bertz CT molecular complexity index is 1950. The van der Waals surface area contributed by atoms with Crippen LogP contribution in [-0.2, 0) is 43.9 Å². The predicted octanol–water partition coefficient (Wildman–Crippen LogP) is -1.88. The molecule has 4 aromatic rings. The fraction of sp³-hybridized carbons (Fsp3) is 0.500. The van der Waals surface area contributed by atoms with Crippen molar-refractivity contribution in [3.8, 4) is 0 Å². The zero-order chi connectivity index (χ0) is 31.8. The van der Waals surface area contributed by atoms with E-state index in [0.717, 1.165) is 17.2 Å². The number of aromatic nitrogens is 8. The monoisotopic (exact) mass is 691 g/mol. The Morgan fingerprint density at radius 2 is 1.69 bits per heavy atom. The number of ether oxygens (including phenoxy) is 2. The number of phosphoric ester groups is 1. The van der Waals surface area contributed by atoms with Gasteiger partial charge in [0.15, 0.2) is 41.3 Å². The van der Waals surface area contributed by atoms with Crippen LogP contribution in [0.15, 0.2) is 23.8 Å². The summed E-state index contributed by atoms with van der Waals surface area (Å²) >= 11 is 5.07. The molecule has 2 bridgehead atoms. The normalized spacial score (nSPS) is 37.7. The highest BCUT2D eigenvalue weighted by molar-refractivity contribution is 8.06. The van der Waals surface area contributed by atoms with Crippen molar-refractivity contribution in [2.24, 2.45) is 0 Å². The number of H-pyrrole nitrogens is 1. The minimum absolute atomic E-state index is 0.0128. The molecule has 45 heavy (non-hydrogen) atoms. The molecule has 3 aliphatic heterocycles. The molecule has 25 heteroatoms. The number of rotatable bonds is 2. The van der Waals surface area contributed by atoms with Crippen molar-refractivity contribution < 1.29 is 51.4 Å². The topological polar surface area (TPSA) is 295 Å². The first kappa shape index (κ1) is 30.6. The maximum Gasteiger partial charge on any atom is 0.472 e. The second-order valence-electron chi connectivity index (χ2n) is 10.1. The van der Waals surface area contributed by atoms with E-state index in [4.69, 9.17) is 50.8 Å². The molecule has 6 unspecified atom stereocenters. The van der Waals surface area contributed by atoms with E-state index >= 15 is 4.39 Å². The van der Waals surface area contributed by atoms with E-state index < -0.39 is 82.5 Å². The molecule has 242 valence electrons. The van der Waals surface area contributed by atoms with Crippen LogP contribution < -0.4 is 21.9 Å². The summed E-state index contributed by atoms with van der Waals surface area (Å²) in [4.78, 5) is 58.5. The van der Waals surface area contributed by atoms with Crippen molar-refractivity contribution in [2.45, 2.75) is 49.1 Å². The number of aliphatic hydroxyl groups excluding tert-OH is 1. The van der Waals surface area contributed by atoms with E-state index in [0.29, 0.717) is 0 Å². The van der Waals surface area contributed by atoms with Crippen molar-refractivity contribution in [3.05, 3.63) is 29.3 Å². The summed E-state index contributed by atoms with van der Waals surface area (Å²) in [5.41, 5.74) is 10.8. The molecule has 0 spiro atoms. The van der Waals surface area contributed by atoms with Crippen LogP contribution in [-0.4, -0.2) is 98.9 Å². The lowest BCUT2D eigenvalue weighted by Gasteiger charge is -2.34. The van der Waals surface area contributed by atoms with Crippen molar-refractivity contribution in [1.82, 2.24) is 39.0 Å². The van der Waals surface area contributed by atoms with E-state index in [1.54, 1.807) is 0 Å². The lowest BCUT2D eigenvalue weighted by atomic mass is 10.1. The van der Waals surface area contributed by atoms with Gasteiger partial charge in [0.1, 0.15) is 49.1 Å². The van der Waals surface area contributed by atoms with Crippen LogP contribution in [0.5, 0.6) is 0 Å². The van der Waals surface area contributed by atoms with Crippen LogP contribution in [0.2, 0.25) is 0 Å². The highest BCUT2D eigenvalue weighted by Gasteiger charge is 2.53. The van der Waals surface area contributed by atoms with Crippen LogP contribution >= 0.6 is 14.5 Å². The fourth-order valence-corrected chi connectivity index (χ4v) is 7.61. The third kappa shape index (κ3) is 5.43. The van der Waals surface area contributed by atoms with E-state index in [-0.39, 0.29) is 34.1 Å². The first-order valence-electron chi connectivity index (χ1n) is 12.9. The molecule has 3 aliphatic rings. The molecule has 0 saturated carbocycles. The Kier molecular flexibility index (Phi) is 7.50. The first-order valence-corrected chi connectivity index (χ1v) is 16.9. The number of imidazole rings is 2. The summed E-state index contributed by atoms with van der Waals surface area (Å²) < 4.78 is 64.0. The number of hydrogen-bond donors (Lipinski definition) is 5. The van der Waals surface area contributed by atoms with Gasteiger partial charge in [-0.3, -0.25) is 28.0 Å². The van der Waals surface area contributed by atoms with Gasteiger partial charge in [-0.2, -0.15) is 4.98 Å². The molecule has 0 radical (unpaired) electrons. The van der Waals surface area contributed by atoms with Crippen molar-refractivity contribution >= 4 is 60.4 Å². The molecular weight excluding hydrogens is 669 g/mol. The van der Waals surface area contributed by atoms with Gasteiger partial charge in [0.05, 0.1) is 25.9 Å². The summed E-state index contributed by atoms with van der Waals surface area (Å²) in [6.07, 6.45) is -9.77. The van der Waals surface area contributed by atoms with Gasteiger partial charge in [0, 0.05) is 0 Å². The quantitative estimate of drug-likeness (QED) is 0.144. The maximum atomic E-state index is 15.9. The highest BCUT2D eigenvalue weighted by Crippen LogP contribution is 2.53. The van der Waals surface area contributed by atoms with Crippen molar-refractivity contribution in [2.75, 3.05) is 24.7 Å². The van der Waals surface area contributed by atoms with Gasteiger partial charge in [0.25, 0.3) is 5.56 Å². The SMILES string of the molecule is Nc1nc2c(ncn2[C@@H]2O[C@@H]3COP(=O)(O)OC4C(F)[C@H](n5cnc6c(N)ncnc65)O[C@@H]4COP([O-])(=S)OC2C3O)c(=O)[nH]1. The van der Waals surface area contributed by atoms with Crippen LogP contribution in [0.25, 0.3) is 22.3 Å². The molecule has 0 aromatic carbocycles. The Balaban J connectivity index is 1.21. The van der Waals surface area contributed by atoms with Gasteiger partial charge in [-0.1, -0.05) is 11.8 Å². The first-order chi connectivity index (χ1) is 21.3. The van der Waals surface area contributed by atoms with E-state index in [1.165, 1.54) is 10.9 Å². The average molecular weight is 691 g/mol. The number of hydrogen-bond acceptors (Lipinski definition) is 18. The molecule has 7 N–H and O–H groups in total. The van der Waals surface area contributed by atoms with Crippen LogP contribution in [0.4, 0.5) is 16.2 Å². The van der Waals surface area contributed by atoms with Gasteiger partial charge in [-0.15, -0.1) is 0 Å². The number of aromatic amines is 1. The molecule has 3 fully saturated rings. The van der Waals surface area contributed by atoms with Crippen LogP contribution in [0.1, 0.15) is 12.5 Å². The van der Waals surface area contributed by atoms with Gasteiger partial charge in [-0.25, -0.2) is 28.9 Å². The van der Waals surface area contributed by atoms with Crippen LogP contribution in [0.3, 0.4) is 0 Å². The summed E-state index contributed by atoms with van der Waals surface area (Å²) in [6, 6.07) is 0. The van der Waals surface area contributed by atoms with Crippen molar-refractivity contribution in [3.63, 3.8) is 0 Å². The Labute approximate surface area is 254 Å². The number of fused-ring (bicyclic) bond motifs is 5. The second-order valence-corrected chi connectivity index (χ2v) is 14.2. The summed E-state index contributed by atoms with van der Waals surface area (Å²) in [5.74, 6) is -0.253. The zero-order valence-corrected chi connectivity index (χ0v) is 24.9. The minimum atomic E-state index is -5.11. The fourth-order valence-electron chi connectivity index (χ4n) is 5.25. The number of nitrogen functional groups attached to an aromatic ring is 2. The standard InChI is InChI=1S/C20H23FN10O11P2S/c21-8-12-7(40-18(8)30-4-26-9-14(22)24-3-25-15(9)30)2-38-44(36,45)42-13-11(32)6(1-37-43(34,35)41-12)39-19(13)31-5-27-10-16(31)28-20(23)29-17(10)33/h3-8,11-13,18-19,32H,1-2H2,(H,34,35)(H,36,45)(H2,22,24,25)(H3,23,28,29,33)/p-1/t6-,7-,8?,11?,12?,13?,18-,19-,44?/m1/s1. The minimum Gasteiger partial charge on any atom is -0.780 e. The molecule has 0 aliphatic carbocycles. The second kappa shape index (κ2) is 11.0. The molecule has 7 heterocycles. The third-order valence-corrected chi connectivity index (χ3v) is 9.80. The zero-order valence-electron chi connectivity index (χ0n) is 22.3. The van der Waals surface area contributed by atoms with Gasteiger partial charge < -0.3 is 44.9 Å². The summed E-state index contributed by atoms with van der Waals surface area (Å²) in [6.45, 7) is -6.15. The number of phosphoric acid groups is 1. The number of anilines is 2. The van der Waals surface area contributed by atoms with Gasteiger partial charge in [0.2, 0.25) is 5.95 Å². The number of aliphatic hydroxyl groups is 1. The molecule has 21 nitrogen and oxygen atoms in total. The Morgan fingerprint density at radius 1 is 1.00 bits per heavy atom. The lowest BCUT2D eigenvalue weighted by Crippen LogP contribution is -2.36. The number of nitrogens with two attached hydrogens (primary N) is 2. The van der Waals surface area contributed by atoms with E-state index in [2.05, 4.69) is 29.9 Å². The maximum absolute atomic E-state index is 15.9. The number of alkyl halides is 1. The van der Waals surface area contributed by atoms with Gasteiger partial charge in [-0.05, 0) is 0 Å². The molecule has 4 aromatic heterocycles. The highest BCUT2D eigenvalue weighted by atomic mass is 32.5. The summed E-state index contributed by atoms with van der Waals surface area (Å²) in [5, 5.41) is 11.0.